The molecule has 0 saturated heterocycles. The van der Waals surface area contributed by atoms with Crippen LogP contribution in [-0.4, -0.2) is 28.4 Å². The maximum absolute atomic E-state index is 13.4. The highest BCUT2D eigenvalue weighted by molar-refractivity contribution is 6.31. The third kappa shape index (κ3) is 3.48. The van der Waals surface area contributed by atoms with Crippen molar-refractivity contribution >= 4 is 29.1 Å². The van der Waals surface area contributed by atoms with Gasteiger partial charge in [-0.3, -0.25) is 14.5 Å². The predicted octanol–water partition coefficient (Wildman–Crippen LogP) is 4.54. The molecule has 2 aliphatic heterocycles. The van der Waals surface area contributed by atoms with Crippen LogP contribution in [-0.2, 0) is 23.2 Å². The zero-order valence-corrected chi connectivity index (χ0v) is 18.1. The molecule has 0 aliphatic carbocycles. The van der Waals surface area contributed by atoms with E-state index in [-0.39, 0.29) is 41.3 Å². The van der Waals surface area contributed by atoms with E-state index in [0.717, 1.165) is 17.0 Å². The molecule has 34 heavy (non-hydrogen) atoms. The van der Waals surface area contributed by atoms with E-state index in [9.17, 15) is 27.9 Å². The van der Waals surface area contributed by atoms with Gasteiger partial charge in [0.25, 0.3) is 11.8 Å². The first-order valence-electron chi connectivity index (χ1n) is 10.2. The van der Waals surface area contributed by atoms with E-state index >= 15 is 0 Å². The number of halogens is 4. The number of ether oxygens (including phenoxy) is 1. The summed E-state index contributed by atoms with van der Waals surface area (Å²) in [6, 6.07) is 14.3. The van der Waals surface area contributed by atoms with Crippen LogP contribution in [0.3, 0.4) is 0 Å². The second-order valence-electron chi connectivity index (χ2n) is 7.97. The van der Waals surface area contributed by atoms with Gasteiger partial charge in [0.05, 0.1) is 16.3 Å². The minimum atomic E-state index is -4.68. The Bertz CT molecular complexity index is 1340. The van der Waals surface area contributed by atoms with Gasteiger partial charge in [-0.1, -0.05) is 41.9 Å². The smallest absolute Gasteiger partial charge is 0.417 e. The van der Waals surface area contributed by atoms with Crippen LogP contribution in [0.5, 0.6) is 5.75 Å². The molecule has 1 unspecified atom stereocenters. The van der Waals surface area contributed by atoms with Gasteiger partial charge in [0.2, 0.25) is 0 Å². The molecule has 3 aromatic rings. The molecule has 0 fully saturated rings. The molecule has 2 aliphatic rings. The van der Waals surface area contributed by atoms with Crippen LogP contribution in [0.1, 0.15) is 32.6 Å². The number of carbonyl (C=O) groups excluding carboxylic acids is 2. The minimum Gasteiger partial charge on any atom is -0.482 e. The average molecular weight is 489 g/mol. The number of rotatable bonds is 3. The van der Waals surface area contributed by atoms with Gasteiger partial charge in [0, 0.05) is 23.2 Å². The van der Waals surface area contributed by atoms with Crippen molar-refractivity contribution in [3.63, 3.8) is 0 Å². The number of aliphatic hydroxyl groups is 1. The number of nitrogens with zero attached hydrogens (tertiary/aromatic N) is 1. The molecule has 0 aromatic heterocycles. The summed E-state index contributed by atoms with van der Waals surface area (Å²) in [5, 5.41) is 14.1. The Morgan fingerprint density at radius 3 is 2.62 bits per heavy atom. The van der Waals surface area contributed by atoms with Crippen LogP contribution in [0.4, 0.5) is 18.9 Å². The molecular weight excluding hydrogens is 473 g/mol. The Morgan fingerprint density at radius 1 is 1.09 bits per heavy atom. The van der Waals surface area contributed by atoms with Gasteiger partial charge in [-0.05, 0) is 35.9 Å². The highest BCUT2D eigenvalue weighted by atomic mass is 35.5. The van der Waals surface area contributed by atoms with E-state index in [2.05, 4.69) is 5.32 Å². The second-order valence-corrected chi connectivity index (χ2v) is 8.38. The molecule has 6 nitrogen and oxygen atoms in total. The molecule has 2 amide bonds. The van der Waals surface area contributed by atoms with E-state index in [1.165, 1.54) is 18.2 Å². The zero-order valence-electron chi connectivity index (χ0n) is 17.3. The van der Waals surface area contributed by atoms with Gasteiger partial charge in [0.1, 0.15) is 5.75 Å². The maximum atomic E-state index is 13.4. The standard InChI is InChI=1S/C24H16ClF3N2O4/c25-18-7-5-13(9-17(18)24(26,27)28)11-30-22(32)15-3-1-2-4-16(15)23(30,33)14-6-8-20-19(10-14)29-21(31)12-34-20/h1-10,33H,11-12H2,(H,29,31). The highest BCUT2D eigenvalue weighted by Gasteiger charge is 2.50. The normalized spacial score (nSPS) is 19.4. The van der Waals surface area contributed by atoms with Gasteiger partial charge in [-0.15, -0.1) is 0 Å². The predicted molar refractivity (Wildman–Crippen MR) is 116 cm³/mol. The fourth-order valence-corrected chi connectivity index (χ4v) is 4.50. The average Bonchev–Trinajstić information content (AvgIpc) is 3.02. The molecule has 5 rings (SSSR count). The number of anilines is 1. The number of carbonyl (C=O) groups is 2. The summed E-state index contributed by atoms with van der Waals surface area (Å²) in [6.45, 7) is -0.480. The summed E-state index contributed by atoms with van der Waals surface area (Å²) < 4.78 is 45.5. The number of hydrogen-bond donors (Lipinski definition) is 2. The number of alkyl halides is 3. The lowest BCUT2D eigenvalue weighted by Gasteiger charge is -2.35. The maximum Gasteiger partial charge on any atom is 0.417 e. The SMILES string of the molecule is O=C1COc2ccc(C3(O)c4ccccc4C(=O)N3Cc3ccc(Cl)c(C(F)(F)F)c3)cc2N1. The van der Waals surface area contributed by atoms with Crippen molar-refractivity contribution in [2.75, 3.05) is 11.9 Å². The fraction of sp³-hybridized carbons (Fsp3) is 0.167. The monoisotopic (exact) mass is 488 g/mol. The van der Waals surface area contributed by atoms with Gasteiger partial charge in [-0.2, -0.15) is 13.2 Å². The Kier molecular flexibility index (Phi) is 5.07. The molecular formula is C24H16ClF3N2O4. The van der Waals surface area contributed by atoms with E-state index in [1.54, 1.807) is 30.3 Å². The van der Waals surface area contributed by atoms with E-state index < -0.39 is 28.4 Å². The second kappa shape index (κ2) is 7.75. The molecule has 10 heteroatoms. The van der Waals surface area contributed by atoms with Crippen LogP contribution < -0.4 is 10.1 Å². The number of nitrogens with one attached hydrogen (secondary N) is 1. The van der Waals surface area contributed by atoms with Gasteiger partial charge in [0.15, 0.2) is 12.3 Å². The zero-order chi connectivity index (χ0) is 24.3. The van der Waals surface area contributed by atoms with Gasteiger partial charge >= 0.3 is 6.18 Å². The number of fused-ring (bicyclic) bond motifs is 2. The lowest BCUT2D eigenvalue weighted by atomic mass is 9.93. The lowest BCUT2D eigenvalue weighted by Crippen LogP contribution is -2.44. The molecule has 0 spiro atoms. The quantitative estimate of drug-likeness (QED) is 0.567. The Labute approximate surface area is 196 Å². The van der Waals surface area contributed by atoms with Crippen molar-refractivity contribution in [1.82, 2.24) is 4.90 Å². The molecule has 1 atom stereocenters. The van der Waals surface area contributed by atoms with Gasteiger partial charge in [-0.25, -0.2) is 0 Å². The first-order valence-corrected chi connectivity index (χ1v) is 10.5. The lowest BCUT2D eigenvalue weighted by molar-refractivity contribution is -0.137. The van der Waals surface area contributed by atoms with Crippen molar-refractivity contribution in [3.05, 3.63) is 93.5 Å². The summed E-state index contributed by atoms with van der Waals surface area (Å²) in [5.41, 5.74) is -1.88. The molecule has 2 heterocycles. The fourth-order valence-electron chi connectivity index (χ4n) is 4.28. The Morgan fingerprint density at radius 2 is 1.85 bits per heavy atom. The summed E-state index contributed by atoms with van der Waals surface area (Å²) in [7, 11) is 0. The molecule has 0 bridgehead atoms. The molecule has 3 aromatic carbocycles. The summed E-state index contributed by atoms with van der Waals surface area (Å²) in [6.07, 6.45) is -4.68. The highest BCUT2D eigenvalue weighted by Crippen LogP contribution is 2.45. The molecule has 2 N–H and O–H groups in total. The molecule has 0 radical (unpaired) electrons. The summed E-state index contributed by atoms with van der Waals surface area (Å²) in [4.78, 5) is 26.2. The van der Waals surface area contributed by atoms with E-state index in [4.69, 9.17) is 16.3 Å². The van der Waals surface area contributed by atoms with Crippen molar-refractivity contribution < 1.29 is 32.6 Å². The van der Waals surface area contributed by atoms with Crippen LogP contribution >= 0.6 is 11.6 Å². The minimum absolute atomic E-state index is 0.130. The number of hydrogen-bond acceptors (Lipinski definition) is 4. The van der Waals surface area contributed by atoms with Gasteiger partial charge < -0.3 is 15.2 Å². The largest absolute Gasteiger partial charge is 0.482 e. The Balaban J connectivity index is 1.62. The van der Waals surface area contributed by atoms with Crippen LogP contribution in [0.25, 0.3) is 0 Å². The van der Waals surface area contributed by atoms with Crippen LogP contribution in [0.15, 0.2) is 60.7 Å². The van der Waals surface area contributed by atoms with Crippen molar-refractivity contribution in [2.45, 2.75) is 18.4 Å². The number of benzene rings is 3. The van der Waals surface area contributed by atoms with Crippen molar-refractivity contribution in [1.29, 1.82) is 0 Å². The van der Waals surface area contributed by atoms with Crippen LogP contribution in [0, 0.1) is 0 Å². The first-order chi connectivity index (χ1) is 16.1. The molecule has 174 valence electrons. The number of amides is 2. The third-order valence-electron chi connectivity index (χ3n) is 5.86. The van der Waals surface area contributed by atoms with E-state index in [1.807, 2.05) is 0 Å². The van der Waals surface area contributed by atoms with Crippen molar-refractivity contribution in [3.8, 4) is 5.75 Å². The van der Waals surface area contributed by atoms with Crippen molar-refractivity contribution in [2.24, 2.45) is 0 Å². The van der Waals surface area contributed by atoms with E-state index in [0.29, 0.717) is 11.4 Å². The topological polar surface area (TPSA) is 78.9 Å². The Hall–Kier alpha value is -3.56. The third-order valence-corrected chi connectivity index (χ3v) is 6.19. The first kappa shape index (κ1) is 22.2. The summed E-state index contributed by atoms with van der Waals surface area (Å²) >= 11 is 5.73. The molecule has 0 saturated carbocycles. The summed E-state index contributed by atoms with van der Waals surface area (Å²) in [5.74, 6) is -0.541. The van der Waals surface area contributed by atoms with Crippen LogP contribution in [0.2, 0.25) is 5.02 Å².